The smallest absolute Gasteiger partial charge is 0.240 e. The first-order valence-corrected chi connectivity index (χ1v) is 6.46. The lowest BCUT2D eigenvalue weighted by atomic mass is 9.92. The fraction of sp³-hybridized carbons (Fsp3) is 0.923. The highest BCUT2D eigenvalue weighted by Gasteiger charge is 2.37. The highest BCUT2D eigenvalue weighted by atomic mass is 16.2. The second kappa shape index (κ2) is 5.36. The average Bonchev–Trinajstić information content (AvgIpc) is 2.21. The summed E-state index contributed by atoms with van der Waals surface area (Å²) >= 11 is 0. The van der Waals surface area contributed by atoms with Crippen LogP contribution in [0.15, 0.2) is 0 Å². The SMILES string of the molecule is CC(C)CN1CC(C)(C)CN(C)C(=O)C1CN. The van der Waals surface area contributed by atoms with Crippen molar-refractivity contribution in [2.75, 3.05) is 33.2 Å². The molecule has 17 heavy (non-hydrogen) atoms. The monoisotopic (exact) mass is 241 g/mol. The van der Waals surface area contributed by atoms with Crippen molar-refractivity contribution >= 4 is 5.91 Å². The molecule has 2 N–H and O–H groups in total. The number of hydrogen-bond donors (Lipinski definition) is 1. The Morgan fingerprint density at radius 1 is 1.41 bits per heavy atom. The number of likely N-dealkylation sites (N-methyl/N-ethyl adjacent to an activating group) is 1. The molecule has 1 aliphatic rings. The first-order chi connectivity index (χ1) is 7.76. The molecule has 0 aromatic heterocycles. The third-order valence-electron chi connectivity index (χ3n) is 3.22. The molecule has 1 atom stereocenters. The molecule has 0 spiro atoms. The van der Waals surface area contributed by atoms with Gasteiger partial charge in [0.15, 0.2) is 0 Å². The second-order valence-electron chi connectivity index (χ2n) is 6.43. The van der Waals surface area contributed by atoms with Crippen molar-refractivity contribution < 1.29 is 4.79 Å². The summed E-state index contributed by atoms with van der Waals surface area (Å²) in [6.45, 7) is 11.9. The van der Waals surface area contributed by atoms with E-state index in [1.54, 1.807) is 0 Å². The van der Waals surface area contributed by atoms with E-state index < -0.39 is 0 Å². The molecule has 0 radical (unpaired) electrons. The third-order valence-corrected chi connectivity index (χ3v) is 3.22. The lowest BCUT2D eigenvalue weighted by Crippen LogP contribution is -2.50. The van der Waals surface area contributed by atoms with Gasteiger partial charge in [0.05, 0.1) is 0 Å². The standard InChI is InChI=1S/C13H27N3O/c1-10(2)7-16-9-13(3,4)8-15(5)12(17)11(16)6-14/h10-11H,6-9,14H2,1-5H3. The molecule has 1 saturated heterocycles. The van der Waals surface area contributed by atoms with E-state index >= 15 is 0 Å². The van der Waals surface area contributed by atoms with E-state index in [9.17, 15) is 4.79 Å². The maximum absolute atomic E-state index is 12.3. The quantitative estimate of drug-likeness (QED) is 0.794. The summed E-state index contributed by atoms with van der Waals surface area (Å²) in [4.78, 5) is 16.4. The van der Waals surface area contributed by atoms with Gasteiger partial charge in [-0.1, -0.05) is 27.7 Å². The molecule has 0 aliphatic carbocycles. The van der Waals surface area contributed by atoms with Crippen LogP contribution >= 0.6 is 0 Å². The number of amides is 1. The van der Waals surface area contributed by atoms with E-state index in [2.05, 4.69) is 32.6 Å². The van der Waals surface area contributed by atoms with Crippen LogP contribution in [0.2, 0.25) is 0 Å². The summed E-state index contributed by atoms with van der Waals surface area (Å²) in [5, 5.41) is 0. The van der Waals surface area contributed by atoms with Gasteiger partial charge in [-0.05, 0) is 11.3 Å². The molecule has 4 nitrogen and oxygen atoms in total. The molecular weight excluding hydrogens is 214 g/mol. The summed E-state index contributed by atoms with van der Waals surface area (Å²) < 4.78 is 0. The number of carbonyl (C=O) groups excluding carboxylic acids is 1. The third kappa shape index (κ3) is 3.68. The molecule has 1 rings (SSSR count). The van der Waals surface area contributed by atoms with Crippen molar-refractivity contribution in [2.45, 2.75) is 33.7 Å². The Labute approximate surface area is 105 Å². The van der Waals surface area contributed by atoms with Crippen LogP contribution in [-0.2, 0) is 4.79 Å². The summed E-state index contributed by atoms with van der Waals surface area (Å²) in [5.74, 6) is 0.717. The summed E-state index contributed by atoms with van der Waals surface area (Å²) in [5.41, 5.74) is 5.92. The molecule has 1 heterocycles. The van der Waals surface area contributed by atoms with Crippen LogP contribution in [0.5, 0.6) is 0 Å². The molecular formula is C13H27N3O. The normalized spacial score (nSPS) is 26.4. The highest BCUT2D eigenvalue weighted by Crippen LogP contribution is 2.24. The zero-order chi connectivity index (χ0) is 13.2. The first kappa shape index (κ1) is 14.5. The number of rotatable bonds is 3. The van der Waals surface area contributed by atoms with Crippen molar-refractivity contribution in [3.8, 4) is 0 Å². The van der Waals surface area contributed by atoms with E-state index in [1.807, 2.05) is 11.9 Å². The molecule has 0 saturated carbocycles. The molecule has 4 heteroatoms. The molecule has 0 bridgehead atoms. The number of nitrogens with two attached hydrogens (primary N) is 1. The molecule has 100 valence electrons. The first-order valence-electron chi connectivity index (χ1n) is 6.46. The van der Waals surface area contributed by atoms with Gasteiger partial charge in [-0.2, -0.15) is 0 Å². The number of hydrogen-bond acceptors (Lipinski definition) is 3. The van der Waals surface area contributed by atoms with Gasteiger partial charge in [0, 0.05) is 33.2 Å². The van der Waals surface area contributed by atoms with Gasteiger partial charge in [0.1, 0.15) is 6.04 Å². The summed E-state index contributed by atoms with van der Waals surface area (Å²) in [6.07, 6.45) is 0. The van der Waals surface area contributed by atoms with Gasteiger partial charge in [-0.25, -0.2) is 0 Å². The maximum atomic E-state index is 12.3. The van der Waals surface area contributed by atoms with E-state index in [-0.39, 0.29) is 17.4 Å². The molecule has 0 aromatic rings. The van der Waals surface area contributed by atoms with Crippen LogP contribution in [0, 0.1) is 11.3 Å². The van der Waals surface area contributed by atoms with Crippen LogP contribution in [0.4, 0.5) is 0 Å². The molecule has 1 fully saturated rings. The number of carbonyl (C=O) groups is 1. The molecule has 0 aromatic carbocycles. The van der Waals surface area contributed by atoms with Crippen molar-refractivity contribution in [3.05, 3.63) is 0 Å². The van der Waals surface area contributed by atoms with Gasteiger partial charge >= 0.3 is 0 Å². The summed E-state index contributed by atoms with van der Waals surface area (Å²) in [7, 11) is 1.88. The van der Waals surface area contributed by atoms with Crippen LogP contribution in [0.25, 0.3) is 0 Å². The zero-order valence-corrected chi connectivity index (χ0v) is 11.9. The lowest BCUT2D eigenvalue weighted by molar-refractivity contribution is -0.134. The minimum absolute atomic E-state index is 0.128. The van der Waals surface area contributed by atoms with Crippen LogP contribution in [-0.4, -0.2) is 55.0 Å². The maximum Gasteiger partial charge on any atom is 0.240 e. The average molecular weight is 241 g/mol. The highest BCUT2D eigenvalue weighted by molar-refractivity contribution is 5.82. The van der Waals surface area contributed by atoms with Crippen molar-refractivity contribution in [1.82, 2.24) is 9.80 Å². The molecule has 1 unspecified atom stereocenters. The Kier molecular flexibility index (Phi) is 4.55. The Bertz CT molecular complexity index is 276. The van der Waals surface area contributed by atoms with Gasteiger partial charge in [0.2, 0.25) is 5.91 Å². The van der Waals surface area contributed by atoms with E-state index in [0.717, 1.165) is 19.6 Å². The van der Waals surface area contributed by atoms with Crippen LogP contribution < -0.4 is 5.73 Å². The van der Waals surface area contributed by atoms with Crippen molar-refractivity contribution in [1.29, 1.82) is 0 Å². The minimum Gasteiger partial charge on any atom is -0.344 e. The Hall–Kier alpha value is -0.610. The van der Waals surface area contributed by atoms with Crippen LogP contribution in [0.3, 0.4) is 0 Å². The Morgan fingerprint density at radius 2 is 2.00 bits per heavy atom. The molecule has 1 amide bonds. The van der Waals surface area contributed by atoms with Gasteiger partial charge < -0.3 is 10.6 Å². The van der Waals surface area contributed by atoms with E-state index in [1.165, 1.54) is 0 Å². The topological polar surface area (TPSA) is 49.6 Å². The van der Waals surface area contributed by atoms with Gasteiger partial charge in [-0.15, -0.1) is 0 Å². The fourth-order valence-electron chi connectivity index (χ4n) is 2.75. The van der Waals surface area contributed by atoms with Gasteiger partial charge in [0.25, 0.3) is 0 Å². The zero-order valence-electron chi connectivity index (χ0n) is 11.9. The van der Waals surface area contributed by atoms with Crippen molar-refractivity contribution in [2.24, 2.45) is 17.1 Å². The van der Waals surface area contributed by atoms with Crippen molar-refractivity contribution in [3.63, 3.8) is 0 Å². The van der Waals surface area contributed by atoms with Gasteiger partial charge in [-0.3, -0.25) is 9.69 Å². The summed E-state index contributed by atoms with van der Waals surface area (Å²) in [6, 6.07) is -0.149. The predicted octanol–water partition coefficient (Wildman–Crippen LogP) is 0.770. The van der Waals surface area contributed by atoms with E-state index in [4.69, 9.17) is 5.73 Å². The van der Waals surface area contributed by atoms with Crippen LogP contribution in [0.1, 0.15) is 27.7 Å². The lowest BCUT2D eigenvalue weighted by Gasteiger charge is -2.33. The Balaban J connectivity index is 2.93. The number of nitrogens with zero attached hydrogens (tertiary/aromatic N) is 2. The second-order valence-corrected chi connectivity index (χ2v) is 6.43. The minimum atomic E-state index is -0.149. The largest absolute Gasteiger partial charge is 0.344 e. The molecule has 1 aliphatic heterocycles. The Morgan fingerprint density at radius 3 is 2.47 bits per heavy atom. The predicted molar refractivity (Wildman–Crippen MR) is 70.7 cm³/mol. The fourth-order valence-corrected chi connectivity index (χ4v) is 2.75. The van der Waals surface area contributed by atoms with E-state index in [0.29, 0.717) is 12.5 Å².